The molecule has 0 radical (unpaired) electrons. The van der Waals surface area contributed by atoms with E-state index < -0.39 is 0 Å². The molecular formula is C15H14ClNOS2. The lowest BCUT2D eigenvalue weighted by Gasteiger charge is -2.23. The molecule has 2 nitrogen and oxygen atoms in total. The van der Waals surface area contributed by atoms with Gasteiger partial charge < -0.3 is 4.90 Å². The summed E-state index contributed by atoms with van der Waals surface area (Å²) in [6.07, 6.45) is 0. The van der Waals surface area contributed by atoms with Gasteiger partial charge in [-0.2, -0.15) is 0 Å². The minimum absolute atomic E-state index is 0.0635. The molecule has 5 heteroatoms. The summed E-state index contributed by atoms with van der Waals surface area (Å²) in [4.78, 5) is 17.1. The number of thiophene rings is 1. The minimum atomic E-state index is 0.0635. The first-order chi connectivity index (χ1) is 9.65. The summed E-state index contributed by atoms with van der Waals surface area (Å²) in [5.74, 6) is 1.04. The summed E-state index contributed by atoms with van der Waals surface area (Å²) in [5, 5.41) is 0.742. The van der Waals surface area contributed by atoms with Crippen LogP contribution in [0.15, 0.2) is 36.4 Å². The first-order valence-corrected chi connectivity index (χ1v) is 8.64. The first kappa shape index (κ1) is 14.0. The predicted molar refractivity (Wildman–Crippen MR) is 86.7 cm³/mol. The van der Waals surface area contributed by atoms with Crippen molar-refractivity contribution in [1.82, 2.24) is 4.90 Å². The molecular weight excluding hydrogens is 310 g/mol. The van der Waals surface area contributed by atoms with Gasteiger partial charge in [-0.15, -0.1) is 23.1 Å². The minimum Gasteiger partial charge on any atom is -0.321 e. The average molecular weight is 324 g/mol. The van der Waals surface area contributed by atoms with E-state index >= 15 is 0 Å². The molecule has 3 rings (SSSR count). The third kappa shape index (κ3) is 2.73. The Bertz CT molecular complexity index is 640. The molecule has 1 amide bonds. The number of amides is 1. The van der Waals surface area contributed by atoms with Crippen molar-refractivity contribution >= 4 is 40.6 Å². The number of aryl methyl sites for hydroxylation is 1. The average Bonchev–Trinajstić information content (AvgIpc) is 3.06. The molecule has 0 saturated carbocycles. The SMILES string of the molecule is Cc1ccc([C@H]2SCCN2C(=O)c2cccc(Cl)c2)s1. The van der Waals surface area contributed by atoms with Gasteiger partial charge in [0, 0.05) is 32.6 Å². The molecule has 1 fully saturated rings. The van der Waals surface area contributed by atoms with Crippen LogP contribution in [0.1, 0.15) is 25.5 Å². The zero-order valence-corrected chi connectivity index (χ0v) is 13.4. The van der Waals surface area contributed by atoms with Gasteiger partial charge in [0.1, 0.15) is 5.37 Å². The monoisotopic (exact) mass is 323 g/mol. The maximum atomic E-state index is 12.6. The molecule has 0 N–H and O–H groups in total. The van der Waals surface area contributed by atoms with E-state index in [1.807, 2.05) is 28.8 Å². The van der Waals surface area contributed by atoms with Crippen molar-refractivity contribution in [2.45, 2.75) is 12.3 Å². The molecule has 20 heavy (non-hydrogen) atoms. The van der Waals surface area contributed by atoms with Gasteiger partial charge >= 0.3 is 0 Å². The largest absolute Gasteiger partial charge is 0.321 e. The summed E-state index contributed by atoms with van der Waals surface area (Å²) in [5.41, 5.74) is 0.665. The van der Waals surface area contributed by atoms with Crippen molar-refractivity contribution in [1.29, 1.82) is 0 Å². The van der Waals surface area contributed by atoms with Gasteiger partial charge in [0.25, 0.3) is 5.91 Å². The second-order valence-corrected chi connectivity index (χ2v) is 7.62. The fraction of sp³-hybridized carbons (Fsp3) is 0.267. The van der Waals surface area contributed by atoms with Crippen molar-refractivity contribution in [3.63, 3.8) is 0 Å². The maximum Gasteiger partial charge on any atom is 0.255 e. The van der Waals surface area contributed by atoms with Crippen molar-refractivity contribution in [2.24, 2.45) is 0 Å². The van der Waals surface area contributed by atoms with Crippen LogP contribution in [0.5, 0.6) is 0 Å². The predicted octanol–water partition coefficient (Wildman–Crippen LogP) is 4.60. The van der Waals surface area contributed by atoms with E-state index in [1.165, 1.54) is 9.75 Å². The van der Waals surface area contributed by atoms with E-state index in [2.05, 4.69) is 19.1 Å². The van der Waals surface area contributed by atoms with Crippen LogP contribution < -0.4 is 0 Å². The molecule has 0 unspecified atom stereocenters. The lowest BCUT2D eigenvalue weighted by atomic mass is 10.2. The van der Waals surface area contributed by atoms with Crippen LogP contribution in [0.25, 0.3) is 0 Å². The van der Waals surface area contributed by atoms with Gasteiger partial charge in [-0.05, 0) is 37.3 Å². The Kier molecular flexibility index (Phi) is 4.06. The van der Waals surface area contributed by atoms with E-state index in [0.717, 1.165) is 12.3 Å². The van der Waals surface area contributed by atoms with Gasteiger partial charge in [-0.3, -0.25) is 4.79 Å². The number of carbonyl (C=O) groups is 1. The highest BCUT2D eigenvalue weighted by molar-refractivity contribution is 7.99. The normalized spacial score (nSPS) is 18.5. The van der Waals surface area contributed by atoms with Gasteiger partial charge in [0.05, 0.1) is 0 Å². The standard InChI is InChI=1S/C15H14ClNOS2/c1-10-5-6-13(20-10)15-17(7-8-19-15)14(18)11-3-2-4-12(16)9-11/h2-6,9,15H,7-8H2,1H3/t15-/m1/s1. The zero-order chi connectivity index (χ0) is 14.1. The van der Waals surface area contributed by atoms with Gasteiger partial charge in [-0.1, -0.05) is 17.7 Å². The topological polar surface area (TPSA) is 20.3 Å². The summed E-state index contributed by atoms with van der Waals surface area (Å²) in [7, 11) is 0. The number of rotatable bonds is 2. The number of halogens is 1. The Morgan fingerprint density at radius 2 is 2.20 bits per heavy atom. The van der Waals surface area contributed by atoms with Crippen LogP contribution in [-0.4, -0.2) is 23.1 Å². The quantitative estimate of drug-likeness (QED) is 0.805. The Hall–Kier alpha value is -0.970. The van der Waals surface area contributed by atoms with E-state index in [-0.39, 0.29) is 11.3 Å². The summed E-state index contributed by atoms with van der Waals surface area (Å²) in [6, 6.07) is 11.4. The van der Waals surface area contributed by atoms with E-state index in [4.69, 9.17) is 11.6 Å². The molecule has 2 heterocycles. The maximum absolute atomic E-state index is 12.6. The Morgan fingerprint density at radius 1 is 1.35 bits per heavy atom. The number of benzene rings is 1. The molecule has 0 aliphatic carbocycles. The Balaban J connectivity index is 1.87. The molecule has 0 bridgehead atoms. The smallest absolute Gasteiger partial charge is 0.255 e. The Labute approximate surface area is 131 Å². The fourth-order valence-electron chi connectivity index (χ4n) is 2.29. The van der Waals surface area contributed by atoms with Crippen LogP contribution in [0.3, 0.4) is 0 Å². The molecule has 1 aliphatic heterocycles. The van der Waals surface area contributed by atoms with E-state index in [0.29, 0.717) is 10.6 Å². The number of carbonyl (C=O) groups excluding carboxylic acids is 1. The second-order valence-electron chi connectivity index (χ2n) is 4.68. The molecule has 1 aromatic heterocycles. The van der Waals surface area contributed by atoms with Crippen LogP contribution in [0.4, 0.5) is 0 Å². The van der Waals surface area contributed by atoms with E-state index in [1.54, 1.807) is 23.5 Å². The third-order valence-electron chi connectivity index (χ3n) is 3.23. The summed E-state index contributed by atoms with van der Waals surface area (Å²) >= 11 is 9.57. The Morgan fingerprint density at radius 3 is 2.90 bits per heavy atom. The highest BCUT2D eigenvalue weighted by Gasteiger charge is 2.32. The third-order valence-corrected chi connectivity index (χ3v) is 5.91. The lowest BCUT2D eigenvalue weighted by molar-refractivity contribution is 0.0762. The molecule has 1 aromatic carbocycles. The van der Waals surface area contributed by atoms with E-state index in [9.17, 15) is 4.79 Å². The van der Waals surface area contributed by atoms with Gasteiger partial charge in [-0.25, -0.2) is 0 Å². The molecule has 1 saturated heterocycles. The highest BCUT2D eigenvalue weighted by atomic mass is 35.5. The number of hydrogen-bond donors (Lipinski definition) is 0. The van der Waals surface area contributed by atoms with Crippen LogP contribution in [-0.2, 0) is 0 Å². The van der Waals surface area contributed by atoms with Crippen LogP contribution in [0, 0.1) is 6.92 Å². The first-order valence-electron chi connectivity index (χ1n) is 6.39. The molecule has 104 valence electrons. The van der Waals surface area contributed by atoms with Crippen LogP contribution >= 0.6 is 34.7 Å². The molecule has 2 aromatic rings. The van der Waals surface area contributed by atoms with Crippen molar-refractivity contribution < 1.29 is 4.79 Å². The second kappa shape index (κ2) is 5.80. The number of hydrogen-bond acceptors (Lipinski definition) is 3. The fourth-order valence-corrected chi connectivity index (χ4v) is 4.85. The summed E-state index contributed by atoms with van der Waals surface area (Å²) in [6.45, 7) is 2.88. The lowest BCUT2D eigenvalue weighted by Crippen LogP contribution is -2.30. The molecule has 1 atom stereocenters. The van der Waals surface area contributed by atoms with Crippen molar-refractivity contribution in [3.05, 3.63) is 56.7 Å². The highest BCUT2D eigenvalue weighted by Crippen LogP contribution is 2.41. The van der Waals surface area contributed by atoms with Gasteiger partial charge in [0.15, 0.2) is 0 Å². The van der Waals surface area contributed by atoms with Crippen molar-refractivity contribution in [3.8, 4) is 0 Å². The van der Waals surface area contributed by atoms with Crippen LogP contribution in [0.2, 0.25) is 5.02 Å². The van der Waals surface area contributed by atoms with Gasteiger partial charge in [0.2, 0.25) is 0 Å². The number of nitrogens with zero attached hydrogens (tertiary/aromatic N) is 1. The summed E-state index contributed by atoms with van der Waals surface area (Å²) < 4.78 is 0. The molecule has 0 spiro atoms. The molecule has 1 aliphatic rings. The van der Waals surface area contributed by atoms with Crippen molar-refractivity contribution in [2.75, 3.05) is 12.3 Å². The number of thioether (sulfide) groups is 1. The zero-order valence-electron chi connectivity index (χ0n) is 11.0.